The van der Waals surface area contributed by atoms with Crippen LogP contribution in [0.4, 0.5) is 0 Å². The third-order valence-electron chi connectivity index (χ3n) is 4.12. The summed E-state index contributed by atoms with van der Waals surface area (Å²) in [5.74, 6) is 1.27. The van der Waals surface area contributed by atoms with Gasteiger partial charge in [-0.15, -0.1) is 0 Å². The summed E-state index contributed by atoms with van der Waals surface area (Å²) < 4.78 is 5.41. The van der Waals surface area contributed by atoms with Crippen molar-refractivity contribution in [2.24, 2.45) is 23.5 Å². The summed E-state index contributed by atoms with van der Waals surface area (Å²) in [6.07, 6.45) is 5.56. The molecule has 0 aromatic rings. The van der Waals surface area contributed by atoms with E-state index >= 15 is 0 Å². The summed E-state index contributed by atoms with van der Waals surface area (Å²) in [6, 6.07) is 0. The summed E-state index contributed by atoms with van der Waals surface area (Å²) in [6.45, 7) is 3.09. The smallest absolute Gasteiger partial charge is 0.223 e. The van der Waals surface area contributed by atoms with Crippen LogP contribution in [-0.4, -0.2) is 32.2 Å². The molecule has 17 heavy (non-hydrogen) atoms. The molecule has 0 aromatic carbocycles. The first-order chi connectivity index (χ1) is 8.31. The molecule has 2 aliphatic rings. The molecule has 3 atom stereocenters. The molecule has 2 fully saturated rings. The van der Waals surface area contributed by atoms with Crippen molar-refractivity contribution in [3.8, 4) is 0 Å². The monoisotopic (exact) mass is 240 g/mol. The molecule has 1 unspecified atom stereocenters. The van der Waals surface area contributed by atoms with E-state index in [-0.39, 0.29) is 11.8 Å². The Morgan fingerprint density at radius 3 is 2.88 bits per heavy atom. The molecule has 3 N–H and O–H groups in total. The van der Waals surface area contributed by atoms with Gasteiger partial charge in [-0.25, -0.2) is 0 Å². The van der Waals surface area contributed by atoms with Crippen molar-refractivity contribution < 1.29 is 9.53 Å². The molecule has 2 rings (SSSR count). The van der Waals surface area contributed by atoms with Gasteiger partial charge in [0.15, 0.2) is 0 Å². The fourth-order valence-electron chi connectivity index (χ4n) is 3.01. The normalized spacial score (nSPS) is 33.6. The number of nitrogens with two attached hydrogens (primary N) is 1. The van der Waals surface area contributed by atoms with Gasteiger partial charge in [-0.3, -0.25) is 4.79 Å². The Bertz CT molecular complexity index is 252. The van der Waals surface area contributed by atoms with Crippen molar-refractivity contribution in [2.45, 2.75) is 32.1 Å². The molecule has 1 saturated heterocycles. The fraction of sp³-hybridized carbons (Fsp3) is 0.923. The fourth-order valence-corrected chi connectivity index (χ4v) is 3.01. The van der Waals surface area contributed by atoms with E-state index in [0.717, 1.165) is 45.4 Å². The molecule has 0 bridgehead atoms. The first-order valence-electron chi connectivity index (χ1n) is 6.86. The molecule has 0 aromatic heterocycles. The lowest BCUT2D eigenvalue weighted by Crippen LogP contribution is -2.39. The Morgan fingerprint density at radius 1 is 1.29 bits per heavy atom. The highest BCUT2D eigenvalue weighted by Crippen LogP contribution is 2.31. The van der Waals surface area contributed by atoms with Crippen molar-refractivity contribution in [2.75, 3.05) is 26.3 Å². The SMILES string of the molecule is NC[C@H]1CCC[C@H]1C(=O)NCC1CCCOC1. The first kappa shape index (κ1) is 12.8. The molecular weight excluding hydrogens is 216 g/mol. The molecule has 1 aliphatic carbocycles. The van der Waals surface area contributed by atoms with Crippen molar-refractivity contribution in [3.63, 3.8) is 0 Å². The lowest BCUT2D eigenvalue weighted by molar-refractivity contribution is -0.126. The molecule has 1 amide bonds. The number of rotatable bonds is 4. The van der Waals surface area contributed by atoms with E-state index in [4.69, 9.17) is 10.5 Å². The van der Waals surface area contributed by atoms with E-state index in [9.17, 15) is 4.79 Å². The van der Waals surface area contributed by atoms with Crippen molar-refractivity contribution in [3.05, 3.63) is 0 Å². The zero-order valence-corrected chi connectivity index (χ0v) is 10.5. The molecule has 1 aliphatic heterocycles. The van der Waals surface area contributed by atoms with E-state index in [0.29, 0.717) is 18.4 Å². The van der Waals surface area contributed by atoms with Crippen LogP contribution in [0, 0.1) is 17.8 Å². The molecule has 1 heterocycles. The summed E-state index contributed by atoms with van der Waals surface area (Å²) in [7, 11) is 0. The van der Waals surface area contributed by atoms with E-state index in [1.807, 2.05) is 0 Å². The van der Waals surface area contributed by atoms with Gasteiger partial charge in [0.25, 0.3) is 0 Å². The van der Waals surface area contributed by atoms with Crippen LogP contribution < -0.4 is 11.1 Å². The number of amides is 1. The number of hydrogen-bond acceptors (Lipinski definition) is 3. The third-order valence-corrected chi connectivity index (χ3v) is 4.12. The minimum atomic E-state index is 0.157. The Morgan fingerprint density at radius 2 is 2.18 bits per heavy atom. The predicted octanol–water partition coefficient (Wildman–Crippen LogP) is 0.904. The highest BCUT2D eigenvalue weighted by molar-refractivity contribution is 5.79. The molecule has 0 spiro atoms. The summed E-state index contributed by atoms with van der Waals surface area (Å²) in [5.41, 5.74) is 5.70. The second-order valence-corrected chi connectivity index (χ2v) is 5.36. The van der Waals surface area contributed by atoms with Crippen molar-refractivity contribution >= 4 is 5.91 Å². The number of ether oxygens (including phenoxy) is 1. The van der Waals surface area contributed by atoms with E-state index in [1.54, 1.807) is 0 Å². The third kappa shape index (κ3) is 3.42. The second kappa shape index (κ2) is 6.36. The maximum Gasteiger partial charge on any atom is 0.223 e. The zero-order chi connectivity index (χ0) is 12.1. The van der Waals surface area contributed by atoms with Gasteiger partial charge in [-0.05, 0) is 44.1 Å². The minimum absolute atomic E-state index is 0.157. The molecule has 4 heteroatoms. The Balaban J connectivity index is 1.72. The van der Waals surface area contributed by atoms with Gasteiger partial charge in [0, 0.05) is 19.1 Å². The second-order valence-electron chi connectivity index (χ2n) is 5.36. The number of hydrogen-bond donors (Lipinski definition) is 2. The van der Waals surface area contributed by atoms with E-state index < -0.39 is 0 Å². The topological polar surface area (TPSA) is 64.4 Å². The van der Waals surface area contributed by atoms with Gasteiger partial charge in [0.2, 0.25) is 5.91 Å². The Kier molecular flexibility index (Phi) is 4.80. The van der Waals surface area contributed by atoms with Gasteiger partial charge >= 0.3 is 0 Å². The minimum Gasteiger partial charge on any atom is -0.381 e. The summed E-state index contributed by atoms with van der Waals surface area (Å²) >= 11 is 0. The first-order valence-corrected chi connectivity index (χ1v) is 6.86. The number of carbonyl (C=O) groups is 1. The Labute approximate surface area is 103 Å². The molecule has 98 valence electrons. The van der Waals surface area contributed by atoms with Crippen LogP contribution >= 0.6 is 0 Å². The van der Waals surface area contributed by atoms with Gasteiger partial charge in [0.1, 0.15) is 0 Å². The molecular formula is C13H24N2O2. The molecule has 0 radical (unpaired) electrons. The lowest BCUT2D eigenvalue weighted by atomic mass is 9.95. The van der Waals surface area contributed by atoms with E-state index in [1.165, 1.54) is 6.42 Å². The summed E-state index contributed by atoms with van der Waals surface area (Å²) in [4.78, 5) is 12.0. The van der Waals surface area contributed by atoms with Crippen LogP contribution in [0.5, 0.6) is 0 Å². The average Bonchev–Trinajstić information content (AvgIpc) is 2.85. The van der Waals surface area contributed by atoms with Crippen LogP contribution in [0.3, 0.4) is 0 Å². The highest BCUT2D eigenvalue weighted by Gasteiger charge is 2.32. The maximum atomic E-state index is 12.0. The summed E-state index contributed by atoms with van der Waals surface area (Å²) in [5, 5.41) is 3.08. The maximum absolute atomic E-state index is 12.0. The number of carbonyl (C=O) groups excluding carboxylic acids is 1. The van der Waals surface area contributed by atoms with Crippen LogP contribution in [0.15, 0.2) is 0 Å². The zero-order valence-electron chi connectivity index (χ0n) is 10.5. The largest absolute Gasteiger partial charge is 0.381 e. The van der Waals surface area contributed by atoms with Gasteiger partial charge in [-0.2, -0.15) is 0 Å². The molecule has 4 nitrogen and oxygen atoms in total. The predicted molar refractivity (Wildman–Crippen MR) is 66.4 cm³/mol. The van der Waals surface area contributed by atoms with Crippen LogP contribution in [0.1, 0.15) is 32.1 Å². The standard InChI is InChI=1S/C13H24N2O2/c14-7-11-4-1-5-12(11)13(16)15-8-10-3-2-6-17-9-10/h10-12H,1-9,14H2,(H,15,16)/t10?,11-,12-/m1/s1. The quantitative estimate of drug-likeness (QED) is 0.767. The van der Waals surface area contributed by atoms with Crippen molar-refractivity contribution in [1.29, 1.82) is 0 Å². The van der Waals surface area contributed by atoms with E-state index in [2.05, 4.69) is 5.32 Å². The average molecular weight is 240 g/mol. The highest BCUT2D eigenvalue weighted by atomic mass is 16.5. The van der Waals surface area contributed by atoms with Gasteiger partial charge in [0.05, 0.1) is 6.61 Å². The van der Waals surface area contributed by atoms with Crippen LogP contribution in [-0.2, 0) is 9.53 Å². The Hall–Kier alpha value is -0.610. The molecule has 1 saturated carbocycles. The van der Waals surface area contributed by atoms with Crippen LogP contribution in [0.2, 0.25) is 0 Å². The number of nitrogens with one attached hydrogen (secondary N) is 1. The van der Waals surface area contributed by atoms with Crippen LogP contribution in [0.25, 0.3) is 0 Å². The van der Waals surface area contributed by atoms with Gasteiger partial charge < -0.3 is 15.8 Å². The lowest BCUT2D eigenvalue weighted by Gasteiger charge is -2.24. The van der Waals surface area contributed by atoms with Gasteiger partial charge in [-0.1, -0.05) is 6.42 Å². The van der Waals surface area contributed by atoms with Crippen molar-refractivity contribution in [1.82, 2.24) is 5.32 Å².